The Hall–Kier alpha value is -2.89. The van der Waals surface area contributed by atoms with Gasteiger partial charge in [0.25, 0.3) is 0 Å². The predicted octanol–water partition coefficient (Wildman–Crippen LogP) is 4.93. The van der Waals surface area contributed by atoms with Gasteiger partial charge in [0.2, 0.25) is 5.95 Å². The Morgan fingerprint density at radius 1 is 0.962 bits per heavy atom. The van der Waals surface area contributed by atoms with E-state index in [0.29, 0.717) is 23.6 Å². The maximum absolute atomic E-state index is 5.13. The minimum Gasteiger partial charge on any atom is -0.360 e. The Balaban J connectivity index is 1.64. The molecule has 6 nitrogen and oxygen atoms in total. The fourth-order valence-electron chi connectivity index (χ4n) is 3.32. The second-order valence-corrected chi connectivity index (χ2v) is 6.76. The van der Waals surface area contributed by atoms with Crippen LogP contribution in [0.2, 0.25) is 0 Å². The molecule has 0 aliphatic heterocycles. The fourth-order valence-corrected chi connectivity index (χ4v) is 3.32. The maximum Gasteiger partial charge on any atom is 0.225 e. The molecule has 26 heavy (non-hydrogen) atoms. The highest BCUT2D eigenvalue weighted by atomic mass is 16.5. The van der Waals surface area contributed by atoms with Crippen molar-refractivity contribution in [3.05, 3.63) is 48.2 Å². The highest BCUT2D eigenvalue weighted by Gasteiger charge is 2.16. The number of aromatic nitrogens is 3. The summed E-state index contributed by atoms with van der Waals surface area (Å²) in [7, 11) is 0. The minimum atomic E-state index is 0.442. The lowest BCUT2D eigenvalue weighted by atomic mass is 9.96. The summed E-state index contributed by atoms with van der Waals surface area (Å²) in [4.78, 5) is 9.38. The van der Waals surface area contributed by atoms with Gasteiger partial charge in [0.1, 0.15) is 11.6 Å². The molecule has 0 amide bonds. The molecule has 1 aliphatic rings. The van der Waals surface area contributed by atoms with Crippen molar-refractivity contribution in [2.75, 3.05) is 10.6 Å². The van der Waals surface area contributed by atoms with E-state index >= 15 is 0 Å². The molecule has 0 spiro atoms. The largest absolute Gasteiger partial charge is 0.360 e. The first kappa shape index (κ1) is 16.6. The van der Waals surface area contributed by atoms with Crippen molar-refractivity contribution in [2.45, 2.75) is 45.1 Å². The number of benzene rings is 1. The molecule has 1 aromatic carbocycles. The van der Waals surface area contributed by atoms with Gasteiger partial charge in [-0.05, 0) is 19.8 Å². The normalized spacial score (nSPS) is 15.0. The van der Waals surface area contributed by atoms with Gasteiger partial charge in [-0.3, -0.25) is 0 Å². The van der Waals surface area contributed by atoms with E-state index in [0.717, 1.165) is 17.0 Å². The summed E-state index contributed by atoms with van der Waals surface area (Å²) in [5.74, 6) is 2.75. The Kier molecular flexibility index (Phi) is 4.82. The van der Waals surface area contributed by atoms with Gasteiger partial charge in [-0.15, -0.1) is 0 Å². The SMILES string of the molecule is Cc1cc(Nc2cc(-c3ccccc3)nc(NC3CCCCC3)n2)no1. The molecule has 2 N–H and O–H groups in total. The number of hydrogen-bond acceptors (Lipinski definition) is 6. The van der Waals surface area contributed by atoms with Crippen molar-refractivity contribution in [1.29, 1.82) is 0 Å². The average molecular weight is 349 g/mol. The molecular weight excluding hydrogens is 326 g/mol. The number of nitrogens with zero attached hydrogens (tertiary/aromatic N) is 3. The first-order chi connectivity index (χ1) is 12.8. The Morgan fingerprint density at radius 2 is 1.77 bits per heavy atom. The minimum absolute atomic E-state index is 0.442. The van der Waals surface area contributed by atoms with Crippen LogP contribution in [0.4, 0.5) is 17.6 Å². The molecule has 6 heteroatoms. The summed E-state index contributed by atoms with van der Waals surface area (Å²) in [5, 5.41) is 10.7. The van der Waals surface area contributed by atoms with Crippen LogP contribution in [0.25, 0.3) is 11.3 Å². The van der Waals surface area contributed by atoms with Crippen molar-refractivity contribution in [1.82, 2.24) is 15.1 Å². The molecule has 1 fully saturated rings. The molecule has 4 rings (SSSR count). The molecule has 0 radical (unpaired) electrons. The van der Waals surface area contributed by atoms with E-state index in [2.05, 4.69) is 32.9 Å². The smallest absolute Gasteiger partial charge is 0.225 e. The van der Waals surface area contributed by atoms with Crippen LogP contribution in [-0.4, -0.2) is 21.2 Å². The van der Waals surface area contributed by atoms with E-state index in [1.807, 2.05) is 37.3 Å². The maximum atomic E-state index is 5.13. The average Bonchev–Trinajstić information content (AvgIpc) is 3.08. The van der Waals surface area contributed by atoms with Crippen LogP contribution >= 0.6 is 0 Å². The van der Waals surface area contributed by atoms with Crippen LogP contribution in [0.15, 0.2) is 47.0 Å². The van der Waals surface area contributed by atoms with Crippen LogP contribution in [0.3, 0.4) is 0 Å². The van der Waals surface area contributed by atoms with Crippen LogP contribution in [0, 0.1) is 6.92 Å². The first-order valence-corrected chi connectivity index (χ1v) is 9.18. The van der Waals surface area contributed by atoms with Gasteiger partial charge >= 0.3 is 0 Å². The summed E-state index contributed by atoms with van der Waals surface area (Å²) in [5.41, 5.74) is 1.93. The van der Waals surface area contributed by atoms with Gasteiger partial charge in [-0.25, -0.2) is 4.98 Å². The molecule has 1 aliphatic carbocycles. The zero-order valence-electron chi connectivity index (χ0n) is 14.9. The van der Waals surface area contributed by atoms with E-state index in [9.17, 15) is 0 Å². The van der Waals surface area contributed by atoms with E-state index in [1.165, 1.54) is 32.1 Å². The van der Waals surface area contributed by atoms with Crippen LogP contribution in [-0.2, 0) is 0 Å². The highest BCUT2D eigenvalue weighted by Crippen LogP contribution is 2.25. The lowest BCUT2D eigenvalue weighted by molar-refractivity contribution is 0.400. The standard InChI is InChI=1S/C20H23N5O/c1-14-12-19(25-26-14)23-18-13-17(15-8-4-2-5-9-15)22-20(24-18)21-16-10-6-3-7-11-16/h2,4-5,8-9,12-13,16H,3,6-7,10-11H2,1H3,(H2,21,22,23,24,25). The molecule has 0 saturated heterocycles. The number of aryl methyl sites for hydroxylation is 1. The van der Waals surface area contributed by atoms with Gasteiger partial charge in [-0.1, -0.05) is 54.8 Å². The van der Waals surface area contributed by atoms with Crippen molar-refractivity contribution in [3.8, 4) is 11.3 Å². The number of anilines is 3. The third kappa shape index (κ3) is 4.02. The monoisotopic (exact) mass is 349 g/mol. The van der Waals surface area contributed by atoms with E-state index in [-0.39, 0.29) is 0 Å². The summed E-state index contributed by atoms with van der Waals surface area (Å²) >= 11 is 0. The first-order valence-electron chi connectivity index (χ1n) is 9.18. The van der Waals surface area contributed by atoms with Crippen LogP contribution < -0.4 is 10.6 Å². The Bertz CT molecular complexity index is 856. The summed E-state index contributed by atoms with van der Waals surface area (Å²) in [6.07, 6.45) is 6.19. The van der Waals surface area contributed by atoms with Crippen molar-refractivity contribution in [2.24, 2.45) is 0 Å². The van der Waals surface area contributed by atoms with E-state index in [4.69, 9.17) is 9.51 Å². The fraction of sp³-hybridized carbons (Fsp3) is 0.350. The van der Waals surface area contributed by atoms with E-state index < -0.39 is 0 Å². The molecule has 3 aromatic rings. The molecule has 0 unspecified atom stereocenters. The quantitative estimate of drug-likeness (QED) is 0.680. The third-order valence-corrected chi connectivity index (χ3v) is 4.62. The second kappa shape index (κ2) is 7.56. The number of rotatable bonds is 5. The summed E-state index contributed by atoms with van der Waals surface area (Å²) in [6.45, 7) is 1.86. The molecule has 2 aromatic heterocycles. The molecular formula is C20H23N5O. The molecule has 2 heterocycles. The van der Waals surface area contributed by atoms with Crippen LogP contribution in [0.1, 0.15) is 37.9 Å². The zero-order chi connectivity index (χ0) is 17.8. The summed E-state index contributed by atoms with van der Waals surface area (Å²) in [6, 6.07) is 14.4. The highest BCUT2D eigenvalue weighted by molar-refractivity contribution is 5.66. The van der Waals surface area contributed by atoms with Crippen molar-refractivity contribution < 1.29 is 4.52 Å². The molecule has 0 atom stereocenters. The molecule has 0 bridgehead atoms. The van der Waals surface area contributed by atoms with Gasteiger partial charge in [0.15, 0.2) is 5.82 Å². The van der Waals surface area contributed by atoms with Crippen LogP contribution in [0.5, 0.6) is 0 Å². The lowest BCUT2D eigenvalue weighted by Crippen LogP contribution is -2.23. The predicted molar refractivity (Wildman–Crippen MR) is 102 cm³/mol. The third-order valence-electron chi connectivity index (χ3n) is 4.62. The summed E-state index contributed by atoms with van der Waals surface area (Å²) < 4.78 is 5.13. The van der Waals surface area contributed by atoms with Gasteiger partial charge in [0, 0.05) is 23.7 Å². The topological polar surface area (TPSA) is 75.9 Å². The lowest BCUT2D eigenvalue weighted by Gasteiger charge is -2.23. The molecule has 134 valence electrons. The van der Waals surface area contributed by atoms with Gasteiger partial charge in [-0.2, -0.15) is 4.98 Å². The second-order valence-electron chi connectivity index (χ2n) is 6.76. The van der Waals surface area contributed by atoms with E-state index in [1.54, 1.807) is 0 Å². The number of nitrogens with one attached hydrogen (secondary N) is 2. The zero-order valence-corrected chi connectivity index (χ0v) is 14.9. The van der Waals surface area contributed by atoms with Gasteiger partial charge in [0.05, 0.1) is 5.69 Å². The van der Waals surface area contributed by atoms with Gasteiger partial charge < -0.3 is 15.2 Å². The Labute approximate surface area is 153 Å². The van der Waals surface area contributed by atoms with Crippen molar-refractivity contribution >= 4 is 17.6 Å². The van der Waals surface area contributed by atoms with Crippen molar-refractivity contribution in [3.63, 3.8) is 0 Å². The molecule has 1 saturated carbocycles. The number of hydrogen-bond donors (Lipinski definition) is 2. The Morgan fingerprint density at radius 3 is 2.50 bits per heavy atom.